The van der Waals surface area contributed by atoms with Crippen molar-refractivity contribution in [3.05, 3.63) is 80.4 Å². The Hall–Kier alpha value is -2.74. The third-order valence-electron chi connectivity index (χ3n) is 4.24. The minimum Gasteiger partial charge on any atom is -0.323 e. The molecule has 4 aromatic rings. The second kappa shape index (κ2) is 7.94. The first-order chi connectivity index (χ1) is 13.9. The van der Waals surface area contributed by atoms with Gasteiger partial charge in [0.15, 0.2) is 0 Å². The van der Waals surface area contributed by atoms with E-state index in [4.69, 9.17) is 23.2 Å². The maximum absolute atomic E-state index is 13.2. The van der Waals surface area contributed by atoms with Crippen molar-refractivity contribution >= 4 is 56.3 Å². The van der Waals surface area contributed by atoms with E-state index in [2.05, 4.69) is 10.3 Å². The number of hydrogen-bond donors (Lipinski definition) is 1. The lowest BCUT2D eigenvalue weighted by molar-refractivity contribution is -0.116. The van der Waals surface area contributed by atoms with Crippen LogP contribution in [0.4, 0.5) is 10.1 Å². The average molecular weight is 448 g/mol. The number of benzene rings is 2. The lowest BCUT2D eigenvalue weighted by Crippen LogP contribution is -2.27. The molecule has 29 heavy (non-hydrogen) atoms. The Labute approximate surface area is 178 Å². The molecule has 0 saturated carbocycles. The summed E-state index contributed by atoms with van der Waals surface area (Å²) < 4.78 is 14.4. The van der Waals surface area contributed by atoms with Gasteiger partial charge in [0.05, 0.1) is 22.4 Å². The Morgan fingerprint density at radius 3 is 2.66 bits per heavy atom. The van der Waals surface area contributed by atoms with Crippen LogP contribution >= 0.6 is 34.5 Å². The molecule has 0 atom stereocenters. The number of amides is 1. The first kappa shape index (κ1) is 19.6. The molecule has 0 aliphatic carbocycles. The molecular weight excluding hydrogens is 436 g/mol. The molecule has 2 heterocycles. The molecule has 0 aliphatic heterocycles. The third-order valence-corrected chi connectivity index (χ3v) is 5.67. The number of thiophene rings is 1. The van der Waals surface area contributed by atoms with Gasteiger partial charge in [-0.3, -0.25) is 14.2 Å². The van der Waals surface area contributed by atoms with Crippen molar-refractivity contribution in [3.63, 3.8) is 0 Å². The van der Waals surface area contributed by atoms with Crippen LogP contribution in [0, 0.1) is 5.82 Å². The Morgan fingerprint density at radius 1 is 1.17 bits per heavy atom. The SMILES string of the molecule is O=C(Cn1cnc2scc(-c3ccc(F)cc3)c2c1=O)Nc1ccc(Cl)cc1Cl. The monoisotopic (exact) mass is 447 g/mol. The highest BCUT2D eigenvalue weighted by Crippen LogP contribution is 2.30. The Bertz CT molecular complexity index is 1290. The summed E-state index contributed by atoms with van der Waals surface area (Å²) in [5, 5.41) is 5.58. The lowest BCUT2D eigenvalue weighted by atomic mass is 10.1. The van der Waals surface area contributed by atoms with Gasteiger partial charge in [0.2, 0.25) is 5.91 Å². The van der Waals surface area contributed by atoms with Gasteiger partial charge in [-0.2, -0.15) is 0 Å². The highest BCUT2D eigenvalue weighted by Gasteiger charge is 2.15. The van der Waals surface area contributed by atoms with E-state index in [1.807, 2.05) is 0 Å². The van der Waals surface area contributed by atoms with E-state index >= 15 is 0 Å². The van der Waals surface area contributed by atoms with E-state index in [9.17, 15) is 14.0 Å². The van der Waals surface area contributed by atoms with Crippen LogP contribution in [0.1, 0.15) is 0 Å². The second-order valence-corrected chi connectivity index (χ2v) is 7.89. The molecule has 5 nitrogen and oxygen atoms in total. The van der Waals surface area contributed by atoms with Gasteiger partial charge < -0.3 is 5.32 Å². The van der Waals surface area contributed by atoms with Crippen molar-refractivity contribution in [1.82, 2.24) is 9.55 Å². The summed E-state index contributed by atoms with van der Waals surface area (Å²) >= 11 is 13.2. The molecular formula is C20H12Cl2FN3O2S. The summed E-state index contributed by atoms with van der Waals surface area (Å²) in [6, 6.07) is 10.6. The summed E-state index contributed by atoms with van der Waals surface area (Å²) in [5.41, 5.74) is 1.39. The van der Waals surface area contributed by atoms with Gasteiger partial charge in [0, 0.05) is 16.0 Å². The van der Waals surface area contributed by atoms with E-state index in [1.165, 1.54) is 40.4 Å². The van der Waals surface area contributed by atoms with Gasteiger partial charge in [-0.25, -0.2) is 9.37 Å². The van der Waals surface area contributed by atoms with Gasteiger partial charge in [0.1, 0.15) is 17.2 Å². The highest BCUT2D eigenvalue weighted by atomic mass is 35.5. The molecule has 0 saturated heterocycles. The van der Waals surface area contributed by atoms with E-state index < -0.39 is 5.91 Å². The van der Waals surface area contributed by atoms with Gasteiger partial charge in [-0.1, -0.05) is 35.3 Å². The summed E-state index contributed by atoms with van der Waals surface area (Å²) in [6.45, 7) is -0.237. The minimum absolute atomic E-state index is 0.237. The smallest absolute Gasteiger partial charge is 0.263 e. The van der Waals surface area contributed by atoms with Crippen LogP contribution < -0.4 is 10.9 Å². The zero-order chi connectivity index (χ0) is 20.5. The molecule has 0 spiro atoms. The molecule has 1 amide bonds. The highest BCUT2D eigenvalue weighted by molar-refractivity contribution is 7.17. The van der Waals surface area contributed by atoms with Gasteiger partial charge in [0.25, 0.3) is 5.56 Å². The number of halogens is 3. The fraction of sp³-hybridized carbons (Fsp3) is 0.0500. The molecule has 2 aromatic carbocycles. The lowest BCUT2D eigenvalue weighted by Gasteiger charge is -2.09. The molecule has 4 rings (SSSR count). The van der Waals surface area contributed by atoms with Crippen molar-refractivity contribution in [2.75, 3.05) is 5.32 Å². The van der Waals surface area contributed by atoms with Crippen molar-refractivity contribution in [3.8, 4) is 11.1 Å². The molecule has 1 N–H and O–H groups in total. The van der Waals surface area contributed by atoms with E-state index in [0.717, 1.165) is 0 Å². The third kappa shape index (κ3) is 4.03. The molecule has 0 fully saturated rings. The van der Waals surface area contributed by atoms with Crippen LogP contribution in [0.5, 0.6) is 0 Å². The first-order valence-corrected chi connectivity index (χ1v) is 10.0. The minimum atomic E-state index is -0.434. The number of carbonyl (C=O) groups excluding carboxylic acids is 1. The van der Waals surface area contributed by atoms with E-state index in [1.54, 1.807) is 29.6 Å². The molecule has 0 bridgehead atoms. The number of hydrogen-bond acceptors (Lipinski definition) is 4. The van der Waals surface area contributed by atoms with Crippen LogP contribution in [0.25, 0.3) is 21.3 Å². The molecule has 0 unspecified atom stereocenters. The number of anilines is 1. The van der Waals surface area contributed by atoms with Crippen LogP contribution in [-0.4, -0.2) is 15.5 Å². The maximum Gasteiger partial charge on any atom is 0.263 e. The van der Waals surface area contributed by atoms with Crippen LogP contribution in [0.3, 0.4) is 0 Å². The van der Waals surface area contributed by atoms with E-state index in [0.29, 0.717) is 37.1 Å². The number of carbonyl (C=O) groups is 1. The number of fused-ring (bicyclic) bond motifs is 1. The quantitative estimate of drug-likeness (QED) is 0.466. The van der Waals surface area contributed by atoms with Crippen LogP contribution in [0.15, 0.2) is 59.0 Å². The first-order valence-electron chi connectivity index (χ1n) is 8.40. The molecule has 0 aliphatic rings. The summed E-state index contributed by atoms with van der Waals surface area (Å²) in [7, 11) is 0. The van der Waals surface area contributed by atoms with Crippen molar-refractivity contribution in [2.24, 2.45) is 0 Å². The summed E-state index contributed by atoms with van der Waals surface area (Å²) in [6.07, 6.45) is 1.33. The average Bonchev–Trinajstić information content (AvgIpc) is 3.12. The van der Waals surface area contributed by atoms with E-state index in [-0.39, 0.29) is 17.9 Å². The number of aromatic nitrogens is 2. The van der Waals surface area contributed by atoms with Gasteiger partial charge in [-0.15, -0.1) is 11.3 Å². The fourth-order valence-electron chi connectivity index (χ4n) is 2.86. The predicted molar refractivity (Wildman–Crippen MR) is 114 cm³/mol. The summed E-state index contributed by atoms with van der Waals surface area (Å²) in [5.74, 6) is -0.794. The zero-order valence-corrected chi connectivity index (χ0v) is 17.0. The second-order valence-electron chi connectivity index (χ2n) is 6.19. The zero-order valence-electron chi connectivity index (χ0n) is 14.7. The van der Waals surface area contributed by atoms with Crippen molar-refractivity contribution < 1.29 is 9.18 Å². The topological polar surface area (TPSA) is 64.0 Å². The molecule has 0 radical (unpaired) electrons. The standard InChI is InChI=1S/C20H12Cl2FN3O2S/c21-12-3-6-16(15(22)7-12)25-17(27)8-26-10-24-19-18(20(26)28)14(9-29-19)11-1-4-13(23)5-2-11/h1-7,9-10H,8H2,(H,25,27). The molecule has 146 valence electrons. The number of nitrogens with one attached hydrogen (secondary N) is 1. The fourth-order valence-corrected chi connectivity index (χ4v) is 4.22. The largest absolute Gasteiger partial charge is 0.323 e. The Kier molecular flexibility index (Phi) is 5.36. The normalized spacial score (nSPS) is 11.0. The van der Waals surface area contributed by atoms with Crippen molar-refractivity contribution in [2.45, 2.75) is 6.54 Å². The van der Waals surface area contributed by atoms with Gasteiger partial charge >= 0.3 is 0 Å². The van der Waals surface area contributed by atoms with Crippen LogP contribution in [-0.2, 0) is 11.3 Å². The Morgan fingerprint density at radius 2 is 1.93 bits per heavy atom. The van der Waals surface area contributed by atoms with Gasteiger partial charge in [-0.05, 0) is 35.9 Å². The van der Waals surface area contributed by atoms with Crippen molar-refractivity contribution in [1.29, 1.82) is 0 Å². The maximum atomic E-state index is 13.2. The molecule has 9 heteroatoms. The number of rotatable bonds is 4. The number of nitrogens with zero attached hydrogens (tertiary/aromatic N) is 2. The summed E-state index contributed by atoms with van der Waals surface area (Å²) in [4.78, 5) is 30.2. The Balaban J connectivity index is 1.65. The predicted octanol–water partition coefficient (Wildman–Crippen LogP) is 5.21. The molecule has 2 aromatic heterocycles. The van der Waals surface area contributed by atoms with Crippen LogP contribution in [0.2, 0.25) is 10.0 Å².